The third kappa shape index (κ3) is 6.73. The molecule has 0 saturated heterocycles. The Morgan fingerprint density at radius 1 is 0.968 bits per heavy atom. The van der Waals surface area contributed by atoms with Crippen molar-refractivity contribution in [3.05, 3.63) is 71.2 Å². The Morgan fingerprint density at radius 3 is 2.26 bits per heavy atom. The molecular formula is C24H28N4O2S. The molecule has 0 saturated carbocycles. The number of nitrogens with one attached hydrogen (secondary N) is 1. The first-order chi connectivity index (χ1) is 14.9. The molecule has 0 spiro atoms. The number of aryl methyl sites for hydroxylation is 1. The van der Waals surface area contributed by atoms with Gasteiger partial charge in [-0.25, -0.2) is 4.98 Å². The Balaban J connectivity index is 1.70. The number of hydrogen-bond acceptors (Lipinski definition) is 5. The van der Waals surface area contributed by atoms with Crippen LogP contribution in [0, 0.1) is 6.92 Å². The van der Waals surface area contributed by atoms with Gasteiger partial charge in [0.2, 0.25) is 5.91 Å². The van der Waals surface area contributed by atoms with Crippen LogP contribution in [-0.4, -0.2) is 60.3 Å². The minimum absolute atomic E-state index is 0.00860. The predicted molar refractivity (Wildman–Crippen MR) is 126 cm³/mol. The number of aromatic nitrogens is 1. The molecule has 31 heavy (non-hydrogen) atoms. The van der Waals surface area contributed by atoms with Crippen LogP contribution in [0.3, 0.4) is 0 Å². The third-order valence-corrected chi connectivity index (χ3v) is 5.63. The molecule has 6 nitrogen and oxygen atoms in total. The first-order valence-corrected chi connectivity index (χ1v) is 11.1. The Morgan fingerprint density at radius 2 is 1.65 bits per heavy atom. The summed E-state index contributed by atoms with van der Waals surface area (Å²) in [5.74, 6) is -0.391. The molecule has 0 fully saturated rings. The quantitative estimate of drug-likeness (QED) is 0.547. The highest BCUT2D eigenvalue weighted by atomic mass is 32.1. The van der Waals surface area contributed by atoms with Crippen LogP contribution >= 0.6 is 11.3 Å². The summed E-state index contributed by atoms with van der Waals surface area (Å²) >= 11 is 1.38. The highest BCUT2D eigenvalue weighted by Gasteiger charge is 2.19. The summed E-state index contributed by atoms with van der Waals surface area (Å²) in [6, 6.07) is 17.6. The van der Waals surface area contributed by atoms with Gasteiger partial charge in [0.15, 0.2) is 5.13 Å². The summed E-state index contributed by atoms with van der Waals surface area (Å²) < 4.78 is 0. The summed E-state index contributed by atoms with van der Waals surface area (Å²) in [5.41, 5.74) is 3.58. The van der Waals surface area contributed by atoms with Crippen molar-refractivity contribution in [3.63, 3.8) is 0 Å². The molecule has 162 valence electrons. The summed E-state index contributed by atoms with van der Waals surface area (Å²) in [7, 11) is 3.98. The topological polar surface area (TPSA) is 65.5 Å². The zero-order chi connectivity index (χ0) is 22.2. The highest BCUT2D eigenvalue weighted by molar-refractivity contribution is 7.13. The third-order valence-electron chi connectivity index (χ3n) is 4.76. The van der Waals surface area contributed by atoms with Gasteiger partial charge < -0.3 is 15.1 Å². The Bertz CT molecular complexity index is 1000. The molecule has 1 aromatic heterocycles. The smallest absolute Gasteiger partial charge is 0.254 e. The number of benzene rings is 2. The van der Waals surface area contributed by atoms with Crippen LogP contribution in [0.2, 0.25) is 0 Å². The maximum absolute atomic E-state index is 13.2. The minimum Gasteiger partial charge on any atom is -0.329 e. The van der Waals surface area contributed by atoms with Crippen molar-refractivity contribution in [3.8, 4) is 11.1 Å². The van der Waals surface area contributed by atoms with E-state index < -0.39 is 0 Å². The normalized spacial score (nSPS) is 10.8. The number of carbonyl (C=O) groups excluding carboxylic acids is 2. The van der Waals surface area contributed by atoms with E-state index in [1.165, 1.54) is 11.3 Å². The molecule has 0 radical (unpaired) electrons. The van der Waals surface area contributed by atoms with Gasteiger partial charge in [0.25, 0.3) is 5.91 Å². The van der Waals surface area contributed by atoms with Crippen LogP contribution in [0.25, 0.3) is 11.1 Å². The SMILES string of the molecule is Cc1csc(NC(=O)CN(CCCN(C)C)C(=O)c2ccc(-c3ccccc3)cc2)n1. The van der Waals surface area contributed by atoms with E-state index in [0.717, 1.165) is 29.8 Å². The van der Waals surface area contributed by atoms with E-state index in [1.807, 2.05) is 81.0 Å². The number of anilines is 1. The van der Waals surface area contributed by atoms with Crippen molar-refractivity contribution in [2.45, 2.75) is 13.3 Å². The van der Waals surface area contributed by atoms with Crippen LogP contribution in [0.5, 0.6) is 0 Å². The molecule has 0 aliphatic carbocycles. The predicted octanol–water partition coefficient (Wildman–Crippen LogP) is 4.15. The molecule has 0 bridgehead atoms. The second-order valence-electron chi connectivity index (χ2n) is 7.67. The second-order valence-corrected chi connectivity index (χ2v) is 8.53. The number of rotatable bonds is 9. The average molecular weight is 437 g/mol. The van der Waals surface area contributed by atoms with Crippen LogP contribution in [0.15, 0.2) is 60.0 Å². The Kier molecular flexibility index (Phi) is 7.92. The maximum Gasteiger partial charge on any atom is 0.254 e. The molecule has 3 rings (SSSR count). The first-order valence-electron chi connectivity index (χ1n) is 10.2. The molecule has 7 heteroatoms. The van der Waals surface area contributed by atoms with Gasteiger partial charge in [0.05, 0.1) is 5.69 Å². The van der Waals surface area contributed by atoms with E-state index in [9.17, 15) is 9.59 Å². The van der Waals surface area contributed by atoms with Gasteiger partial charge in [-0.05, 0) is 57.2 Å². The number of hydrogen-bond donors (Lipinski definition) is 1. The van der Waals surface area contributed by atoms with E-state index in [4.69, 9.17) is 0 Å². The molecule has 1 heterocycles. The molecule has 2 amide bonds. The van der Waals surface area contributed by atoms with Gasteiger partial charge in [-0.3, -0.25) is 9.59 Å². The maximum atomic E-state index is 13.2. The monoisotopic (exact) mass is 436 g/mol. The van der Waals surface area contributed by atoms with Crippen LogP contribution in [-0.2, 0) is 4.79 Å². The standard InChI is InChI=1S/C24H28N4O2S/c1-18-17-31-24(25-18)26-22(29)16-28(15-7-14-27(2)3)23(30)21-12-10-20(11-13-21)19-8-5-4-6-9-19/h4-6,8-13,17H,7,14-16H2,1-3H3,(H,25,26,29). The van der Waals surface area contributed by atoms with Gasteiger partial charge in [-0.1, -0.05) is 42.5 Å². The van der Waals surface area contributed by atoms with Crippen molar-refractivity contribution in [2.24, 2.45) is 0 Å². The van der Waals surface area contributed by atoms with Gasteiger partial charge in [0, 0.05) is 17.5 Å². The lowest BCUT2D eigenvalue weighted by Crippen LogP contribution is -2.39. The first kappa shape index (κ1) is 22.7. The molecular weight excluding hydrogens is 408 g/mol. The molecule has 0 aliphatic heterocycles. The molecule has 3 aromatic rings. The fourth-order valence-corrected chi connectivity index (χ4v) is 3.90. The van der Waals surface area contributed by atoms with Crippen molar-refractivity contribution >= 4 is 28.3 Å². The lowest BCUT2D eigenvalue weighted by atomic mass is 10.0. The van der Waals surface area contributed by atoms with Crippen LogP contribution in [0.1, 0.15) is 22.5 Å². The number of amides is 2. The molecule has 0 unspecified atom stereocenters. The largest absolute Gasteiger partial charge is 0.329 e. The van der Waals surface area contributed by atoms with Gasteiger partial charge in [0.1, 0.15) is 6.54 Å². The Hall–Kier alpha value is -3.03. The lowest BCUT2D eigenvalue weighted by molar-refractivity contribution is -0.116. The lowest BCUT2D eigenvalue weighted by Gasteiger charge is -2.23. The van der Waals surface area contributed by atoms with Crippen molar-refractivity contribution in [2.75, 3.05) is 39.0 Å². The van der Waals surface area contributed by atoms with E-state index in [-0.39, 0.29) is 18.4 Å². The number of carbonyl (C=O) groups is 2. The van der Waals surface area contributed by atoms with E-state index in [1.54, 1.807) is 4.90 Å². The van der Waals surface area contributed by atoms with Crippen molar-refractivity contribution < 1.29 is 9.59 Å². The van der Waals surface area contributed by atoms with Crippen molar-refractivity contribution in [1.82, 2.24) is 14.8 Å². The van der Waals surface area contributed by atoms with E-state index in [0.29, 0.717) is 17.2 Å². The summed E-state index contributed by atoms with van der Waals surface area (Å²) in [5, 5.41) is 5.22. The van der Waals surface area contributed by atoms with Crippen LogP contribution in [0.4, 0.5) is 5.13 Å². The fraction of sp³-hybridized carbons (Fsp3) is 0.292. The fourth-order valence-electron chi connectivity index (χ4n) is 3.19. The van der Waals surface area contributed by atoms with Gasteiger partial charge >= 0.3 is 0 Å². The highest BCUT2D eigenvalue weighted by Crippen LogP contribution is 2.20. The summed E-state index contributed by atoms with van der Waals surface area (Å²) in [4.78, 5) is 33.7. The summed E-state index contributed by atoms with van der Waals surface area (Å²) in [6.45, 7) is 3.21. The molecule has 2 aromatic carbocycles. The van der Waals surface area contributed by atoms with Gasteiger partial charge in [-0.2, -0.15) is 0 Å². The minimum atomic E-state index is -0.242. The number of nitrogens with zero attached hydrogens (tertiary/aromatic N) is 3. The number of thiazole rings is 1. The van der Waals surface area contributed by atoms with Crippen LogP contribution < -0.4 is 5.32 Å². The average Bonchev–Trinajstić information content (AvgIpc) is 3.17. The van der Waals surface area contributed by atoms with Crippen molar-refractivity contribution in [1.29, 1.82) is 0 Å². The van der Waals surface area contributed by atoms with E-state index >= 15 is 0 Å². The summed E-state index contributed by atoms with van der Waals surface area (Å²) in [6.07, 6.45) is 0.782. The van der Waals surface area contributed by atoms with E-state index in [2.05, 4.69) is 15.2 Å². The van der Waals surface area contributed by atoms with Gasteiger partial charge in [-0.15, -0.1) is 11.3 Å². The molecule has 0 atom stereocenters. The second kappa shape index (κ2) is 10.8. The molecule has 0 aliphatic rings. The molecule has 1 N–H and O–H groups in total. The zero-order valence-electron chi connectivity index (χ0n) is 18.2. The Labute approximate surface area is 187 Å². The zero-order valence-corrected chi connectivity index (χ0v) is 19.0.